The van der Waals surface area contributed by atoms with Crippen molar-refractivity contribution >= 4 is 11.7 Å². The first-order valence-electron chi connectivity index (χ1n) is 7.39. The highest BCUT2D eigenvalue weighted by Gasteiger charge is 2.26. The van der Waals surface area contributed by atoms with Gasteiger partial charge in [0.15, 0.2) is 5.78 Å². The smallest absolute Gasteiger partial charge is 0.223 e. The second kappa shape index (κ2) is 6.09. The fourth-order valence-corrected chi connectivity index (χ4v) is 2.75. The van der Waals surface area contributed by atoms with Crippen LogP contribution >= 0.6 is 0 Å². The lowest BCUT2D eigenvalue weighted by atomic mass is 10.1. The molecule has 3 rings (SSSR count). The van der Waals surface area contributed by atoms with Gasteiger partial charge >= 0.3 is 0 Å². The van der Waals surface area contributed by atoms with Gasteiger partial charge in [0.2, 0.25) is 5.91 Å². The van der Waals surface area contributed by atoms with Gasteiger partial charge in [0, 0.05) is 19.4 Å². The minimum absolute atomic E-state index is 0.0147. The molecule has 0 spiro atoms. The summed E-state index contributed by atoms with van der Waals surface area (Å²) in [4.78, 5) is 23.3. The van der Waals surface area contributed by atoms with E-state index in [9.17, 15) is 9.59 Å². The predicted molar refractivity (Wildman–Crippen MR) is 80.4 cm³/mol. The van der Waals surface area contributed by atoms with Crippen LogP contribution in [0.15, 0.2) is 30.5 Å². The lowest BCUT2D eigenvalue weighted by Gasteiger charge is -2.10. The molecule has 114 valence electrons. The summed E-state index contributed by atoms with van der Waals surface area (Å²) in [6.07, 6.45) is 3.21. The van der Waals surface area contributed by atoms with Crippen LogP contribution in [-0.4, -0.2) is 33.2 Å². The molecule has 1 aromatic carbocycles. The number of carbonyl (C=O) groups is 2. The third-order valence-electron chi connectivity index (χ3n) is 3.96. The van der Waals surface area contributed by atoms with E-state index < -0.39 is 0 Å². The second-order valence-corrected chi connectivity index (χ2v) is 5.59. The summed E-state index contributed by atoms with van der Waals surface area (Å²) in [6.45, 7) is 2.44. The van der Waals surface area contributed by atoms with Crippen LogP contribution < -0.4 is 5.32 Å². The molecule has 0 unspecified atom stereocenters. The average molecular weight is 298 g/mol. The van der Waals surface area contributed by atoms with Crippen LogP contribution in [0, 0.1) is 5.92 Å². The molecule has 1 amide bonds. The van der Waals surface area contributed by atoms with E-state index in [2.05, 4.69) is 27.8 Å². The Morgan fingerprint density at radius 1 is 1.27 bits per heavy atom. The number of amides is 1. The minimum Gasteiger partial charge on any atom is -0.354 e. The van der Waals surface area contributed by atoms with Crippen LogP contribution in [0.1, 0.15) is 28.5 Å². The summed E-state index contributed by atoms with van der Waals surface area (Å²) in [7, 11) is 0. The molecule has 2 aromatic rings. The molecule has 1 heterocycles. The Bertz CT molecular complexity index is 683. The van der Waals surface area contributed by atoms with Gasteiger partial charge in [-0.15, -0.1) is 5.10 Å². The number of ketones is 1. The van der Waals surface area contributed by atoms with Crippen molar-refractivity contribution in [2.75, 3.05) is 6.54 Å². The van der Waals surface area contributed by atoms with Crippen LogP contribution in [0.4, 0.5) is 0 Å². The van der Waals surface area contributed by atoms with E-state index in [0.717, 1.165) is 12.8 Å². The van der Waals surface area contributed by atoms with Gasteiger partial charge < -0.3 is 5.32 Å². The van der Waals surface area contributed by atoms with Gasteiger partial charge in [-0.05, 0) is 24.0 Å². The predicted octanol–water partition coefficient (Wildman–Crippen LogP) is 1.01. The van der Waals surface area contributed by atoms with Crippen molar-refractivity contribution in [1.29, 1.82) is 0 Å². The molecule has 0 saturated carbocycles. The molecular weight excluding hydrogens is 280 g/mol. The fourth-order valence-electron chi connectivity index (χ4n) is 2.75. The molecule has 0 fully saturated rings. The Labute approximate surface area is 128 Å². The van der Waals surface area contributed by atoms with E-state index in [1.54, 1.807) is 10.9 Å². The number of benzene rings is 1. The minimum atomic E-state index is -0.112. The molecule has 0 saturated heterocycles. The monoisotopic (exact) mass is 298 g/mol. The van der Waals surface area contributed by atoms with Crippen molar-refractivity contribution in [1.82, 2.24) is 20.3 Å². The highest BCUT2D eigenvalue weighted by atomic mass is 16.2. The van der Waals surface area contributed by atoms with E-state index >= 15 is 0 Å². The van der Waals surface area contributed by atoms with Gasteiger partial charge in [-0.1, -0.05) is 29.5 Å². The quantitative estimate of drug-likeness (QED) is 0.836. The number of nitrogens with one attached hydrogen (secondary N) is 1. The van der Waals surface area contributed by atoms with Gasteiger partial charge in [0.1, 0.15) is 5.69 Å². The zero-order valence-electron chi connectivity index (χ0n) is 12.5. The first kappa shape index (κ1) is 14.4. The van der Waals surface area contributed by atoms with E-state index in [1.165, 1.54) is 18.1 Å². The largest absolute Gasteiger partial charge is 0.354 e. The third kappa shape index (κ3) is 3.05. The standard InChI is InChI=1S/C16H18N4O2/c1-11(21)15-10-20(19-18-15)7-6-17-16(22)14-8-12-4-2-3-5-13(12)9-14/h2-5,10,14H,6-9H2,1H3,(H,17,22). The number of hydrogen-bond donors (Lipinski definition) is 1. The van der Waals surface area contributed by atoms with Crippen molar-refractivity contribution in [2.45, 2.75) is 26.3 Å². The summed E-state index contributed by atoms with van der Waals surface area (Å²) in [6, 6.07) is 8.19. The number of hydrogen-bond acceptors (Lipinski definition) is 4. The SMILES string of the molecule is CC(=O)c1cn(CCNC(=O)C2Cc3ccccc3C2)nn1. The van der Waals surface area contributed by atoms with Gasteiger partial charge in [-0.2, -0.15) is 0 Å². The lowest BCUT2D eigenvalue weighted by molar-refractivity contribution is -0.124. The first-order valence-corrected chi connectivity index (χ1v) is 7.39. The van der Waals surface area contributed by atoms with Gasteiger partial charge in [0.25, 0.3) is 0 Å². The zero-order valence-corrected chi connectivity index (χ0v) is 12.5. The molecule has 0 atom stereocenters. The molecule has 6 heteroatoms. The molecule has 0 radical (unpaired) electrons. The van der Waals surface area contributed by atoms with Gasteiger partial charge in [0.05, 0.1) is 12.7 Å². The summed E-state index contributed by atoms with van der Waals surface area (Å²) in [5.74, 6) is -0.0250. The second-order valence-electron chi connectivity index (χ2n) is 5.59. The summed E-state index contributed by atoms with van der Waals surface area (Å²) in [5.41, 5.74) is 2.88. The molecule has 1 aromatic heterocycles. The number of nitrogens with zero attached hydrogens (tertiary/aromatic N) is 3. The van der Waals surface area contributed by atoms with E-state index in [-0.39, 0.29) is 17.6 Å². The Morgan fingerprint density at radius 2 is 1.95 bits per heavy atom. The van der Waals surface area contributed by atoms with Gasteiger partial charge in [-0.25, -0.2) is 0 Å². The maximum Gasteiger partial charge on any atom is 0.223 e. The Morgan fingerprint density at radius 3 is 2.55 bits per heavy atom. The molecule has 6 nitrogen and oxygen atoms in total. The van der Waals surface area contributed by atoms with Crippen LogP contribution in [-0.2, 0) is 24.2 Å². The third-order valence-corrected chi connectivity index (χ3v) is 3.96. The molecule has 0 bridgehead atoms. The molecule has 1 N–H and O–H groups in total. The van der Waals surface area contributed by atoms with Crippen LogP contribution in [0.25, 0.3) is 0 Å². The summed E-state index contributed by atoms with van der Waals surface area (Å²) >= 11 is 0. The Kier molecular flexibility index (Phi) is 4.00. The fraction of sp³-hybridized carbons (Fsp3) is 0.375. The van der Waals surface area contributed by atoms with Crippen LogP contribution in [0.5, 0.6) is 0 Å². The van der Waals surface area contributed by atoms with E-state index in [1.807, 2.05) is 12.1 Å². The van der Waals surface area contributed by atoms with Crippen LogP contribution in [0.3, 0.4) is 0 Å². The summed E-state index contributed by atoms with van der Waals surface area (Å²) in [5, 5.41) is 10.6. The highest BCUT2D eigenvalue weighted by Crippen LogP contribution is 2.26. The molecular formula is C16H18N4O2. The number of fused-ring (bicyclic) bond motifs is 1. The molecule has 22 heavy (non-hydrogen) atoms. The zero-order chi connectivity index (χ0) is 15.5. The molecule has 0 aliphatic heterocycles. The average Bonchev–Trinajstić information content (AvgIpc) is 3.13. The van der Waals surface area contributed by atoms with Crippen molar-refractivity contribution in [2.24, 2.45) is 5.92 Å². The first-order chi connectivity index (χ1) is 10.6. The lowest BCUT2D eigenvalue weighted by Crippen LogP contribution is -2.33. The van der Waals surface area contributed by atoms with Crippen molar-refractivity contribution < 1.29 is 9.59 Å². The van der Waals surface area contributed by atoms with Crippen molar-refractivity contribution in [3.63, 3.8) is 0 Å². The van der Waals surface area contributed by atoms with Crippen LogP contribution in [0.2, 0.25) is 0 Å². The molecule has 1 aliphatic carbocycles. The Balaban J connectivity index is 1.48. The van der Waals surface area contributed by atoms with Crippen molar-refractivity contribution in [3.05, 3.63) is 47.3 Å². The Hall–Kier alpha value is -2.50. The number of Topliss-reactive ketones (excluding diaryl/α,β-unsaturated/α-hetero) is 1. The number of aromatic nitrogens is 3. The normalized spacial score (nSPS) is 13.9. The highest BCUT2D eigenvalue weighted by molar-refractivity contribution is 5.91. The maximum atomic E-state index is 12.2. The number of carbonyl (C=O) groups excluding carboxylic acids is 2. The van der Waals surface area contributed by atoms with E-state index in [4.69, 9.17) is 0 Å². The van der Waals surface area contributed by atoms with Gasteiger partial charge in [-0.3, -0.25) is 14.3 Å². The number of rotatable bonds is 5. The summed E-state index contributed by atoms with van der Waals surface area (Å²) < 4.78 is 1.57. The van der Waals surface area contributed by atoms with E-state index in [0.29, 0.717) is 18.8 Å². The van der Waals surface area contributed by atoms with Crippen molar-refractivity contribution in [3.8, 4) is 0 Å². The maximum absolute atomic E-state index is 12.2. The topological polar surface area (TPSA) is 76.9 Å². The molecule has 1 aliphatic rings.